The third-order valence-corrected chi connectivity index (χ3v) is 7.70. The van der Waals surface area contributed by atoms with Crippen molar-refractivity contribution in [1.29, 1.82) is 0 Å². The summed E-state index contributed by atoms with van der Waals surface area (Å²) in [5.74, 6) is 7.47. The van der Waals surface area contributed by atoms with Crippen LogP contribution in [0.2, 0.25) is 0 Å². The van der Waals surface area contributed by atoms with Gasteiger partial charge >= 0.3 is 0 Å². The molecular weight excluding hydrogens is 448 g/mol. The van der Waals surface area contributed by atoms with E-state index in [0.29, 0.717) is 18.3 Å². The van der Waals surface area contributed by atoms with Gasteiger partial charge in [0.25, 0.3) is 0 Å². The van der Waals surface area contributed by atoms with E-state index in [4.69, 9.17) is 9.47 Å². The number of hydrogen-bond acceptors (Lipinski definition) is 5. The van der Waals surface area contributed by atoms with Crippen molar-refractivity contribution in [3.05, 3.63) is 36.5 Å². The van der Waals surface area contributed by atoms with Gasteiger partial charge in [0.15, 0.2) is 0 Å². The molecule has 1 saturated heterocycles. The first-order valence-corrected chi connectivity index (χ1v) is 16.0. The molecule has 1 N–H and O–H groups in total. The van der Waals surface area contributed by atoms with Gasteiger partial charge in [-0.3, -0.25) is 9.16 Å². The summed E-state index contributed by atoms with van der Waals surface area (Å²) in [6.45, 7) is 6.99. The lowest BCUT2D eigenvalue weighted by atomic mass is 10.1. The van der Waals surface area contributed by atoms with Crippen molar-refractivity contribution in [2.24, 2.45) is 5.92 Å². The van der Waals surface area contributed by atoms with Crippen LogP contribution in [0.25, 0.3) is 22.0 Å². The maximum absolute atomic E-state index is 9.97. The Morgan fingerprint density at radius 3 is 2.62 bits per heavy atom. The largest absolute Gasteiger partial charge is 0.381 e. The summed E-state index contributed by atoms with van der Waals surface area (Å²) in [5, 5.41) is 15.6. The summed E-state index contributed by atoms with van der Waals surface area (Å²) in [4.78, 5) is 4.53. The van der Waals surface area contributed by atoms with E-state index in [1.165, 1.54) is 0 Å². The van der Waals surface area contributed by atoms with Gasteiger partial charge in [0.1, 0.15) is 18.0 Å². The van der Waals surface area contributed by atoms with Crippen molar-refractivity contribution in [1.82, 2.24) is 19.3 Å². The fourth-order valence-electron chi connectivity index (χ4n) is 3.68. The molecule has 0 bridgehead atoms. The van der Waals surface area contributed by atoms with Gasteiger partial charge in [0.2, 0.25) is 0 Å². The van der Waals surface area contributed by atoms with Crippen molar-refractivity contribution in [3.63, 3.8) is 0 Å². The predicted molar refractivity (Wildman–Crippen MR) is 142 cm³/mol. The molecule has 0 aliphatic carbocycles. The van der Waals surface area contributed by atoms with Crippen LogP contribution in [0.4, 0.5) is 0 Å². The molecule has 3 aromatic heterocycles. The second-order valence-corrected chi connectivity index (χ2v) is 20.3. The highest BCUT2D eigenvalue weighted by molar-refractivity contribution is 8.47. The summed E-state index contributed by atoms with van der Waals surface area (Å²) in [6.07, 6.45) is 17.4. The zero-order valence-electron chi connectivity index (χ0n) is 21.2. The summed E-state index contributed by atoms with van der Waals surface area (Å²) >= 11 is 0. The normalized spacial score (nSPS) is 16.0. The Balaban J connectivity index is 1.59. The van der Waals surface area contributed by atoms with Crippen molar-refractivity contribution >= 4 is 20.1 Å². The lowest BCUT2D eigenvalue weighted by molar-refractivity contribution is -0.0388. The van der Waals surface area contributed by atoms with E-state index in [9.17, 15) is 5.11 Å². The van der Waals surface area contributed by atoms with Crippen LogP contribution in [0.5, 0.6) is 0 Å². The zero-order chi connectivity index (χ0) is 24.6. The van der Waals surface area contributed by atoms with E-state index in [-0.39, 0.29) is 0 Å². The van der Waals surface area contributed by atoms with Crippen LogP contribution in [0.1, 0.15) is 19.5 Å². The topological polar surface area (TPSA) is 74.3 Å². The lowest BCUT2D eigenvalue weighted by Gasteiger charge is -2.46. The SMILES string of the molecule is CC(C)(O)C#Cc1cc2c(-c3cnn(COCC[SH](C)(C)(C)C)c3)cn(CC3COC3)c2cn1. The van der Waals surface area contributed by atoms with Gasteiger partial charge in [-0.1, -0.05) is 5.92 Å². The van der Waals surface area contributed by atoms with Crippen LogP contribution < -0.4 is 0 Å². The maximum Gasteiger partial charge on any atom is 0.139 e. The maximum atomic E-state index is 9.97. The minimum atomic E-state index is -1.57. The molecule has 0 saturated carbocycles. The second-order valence-electron chi connectivity index (χ2n) is 12.0. The molecule has 0 radical (unpaired) electrons. The third kappa shape index (κ3) is 6.63. The van der Waals surface area contributed by atoms with Gasteiger partial charge in [0.05, 0.1) is 37.7 Å². The van der Waals surface area contributed by atoms with E-state index >= 15 is 0 Å². The van der Waals surface area contributed by atoms with Gasteiger partial charge < -0.3 is 19.1 Å². The number of aliphatic hydroxyl groups is 1. The molecule has 3 aromatic rings. The first-order chi connectivity index (χ1) is 15.8. The quantitative estimate of drug-likeness (QED) is 0.291. The Kier molecular flexibility index (Phi) is 6.60. The smallest absolute Gasteiger partial charge is 0.139 e. The number of rotatable bonds is 8. The van der Waals surface area contributed by atoms with Crippen LogP contribution in [0.15, 0.2) is 30.9 Å². The Hall–Kier alpha value is -2.31. The number of pyridine rings is 1. The number of fused-ring (bicyclic) bond motifs is 1. The van der Waals surface area contributed by atoms with Gasteiger partial charge in [-0.05, 0) is 56.6 Å². The molecule has 4 heterocycles. The predicted octanol–water partition coefficient (Wildman–Crippen LogP) is 3.23. The van der Waals surface area contributed by atoms with Gasteiger partial charge in [-0.15, -0.1) is 0 Å². The Labute approximate surface area is 202 Å². The minimum absolute atomic E-state index is 0.439. The minimum Gasteiger partial charge on any atom is -0.381 e. The van der Waals surface area contributed by atoms with Crippen LogP contribution in [-0.2, 0) is 22.7 Å². The van der Waals surface area contributed by atoms with Gasteiger partial charge in [-0.25, -0.2) is 9.67 Å². The molecule has 0 atom stereocenters. The molecule has 7 nitrogen and oxygen atoms in total. The average Bonchev–Trinajstić information content (AvgIpc) is 3.29. The molecular formula is C26H38N4O3S. The molecule has 1 aliphatic rings. The lowest BCUT2D eigenvalue weighted by Crippen LogP contribution is -2.31. The van der Waals surface area contributed by atoms with E-state index in [1.807, 2.05) is 29.3 Å². The summed E-state index contributed by atoms with van der Waals surface area (Å²) in [7, 11) is -1.57. The van der Waals surface area contributed by atoms with Gasteiger partial charge in [0, 0.05) is 41.4 Å². The molecule has 0 aromatic carbocycles. The first-order valence-electron chi connectivity index (χ1n) is 11.8. The molecule has 186 valence electrons. The number of nitrogens with zero attached hydrogens (tertiary/aromatic N) is 4. The summed E-state index contributed by atoms with van der Waals surface area (Å²) in [6, 6.07) is 2.00. The highest BCUT2D eigenvalue weighted by Gasteiger charge is 2.22. The van der Waals surface area contributed by atoms with E-state index < -0.39 is 14.8 Å². The molecule has 1 aliphatic heterocycles. The zero-order valence-corrected chi connectivity index (χ0v) is 22.1. The Morgan fingerprint density at radius 2 is 1.97 bits per heavy atom. The van der Waals surface area contributed by atoms with Crippen molar-refractivity contribution in [2.75, 3.05) is 50.6 Å². The first kappa shape index (κ1) is 24.8. The van der Waals surface area contributed by atoms with Crippen LogP contribution in [0.3, 0.4) is 0 Å². The van der Waals surface area contributed by atoms with Crippen molar-refractivity contribution in [2.45, 2.75) is 32.7 Å². The number of aromatic nitrogens is 4. The molecule has 4 rings (SSSR count). The molecule has 0 unspecified atom stereocenters. The Morgan fingerprint density at radius 1 is 1.21 bits per heavy atom. The number of hydrogen-bond donors (Lipinski definition) is 2. The fourth-order valence-corrected chi connectivity index (χ4v) is 4.54. The van der Waals surface area contributed by atoms with E-state index in [1.54, 1.807) is 13.8 Å². The highest BCUT2D eigenvalue weighted by atomic mass is 32.3. The average molecular weight is 487 g/mol. The van der Waals surface area contributed by atoms with Crippen LogP contribution in [0, 0.1) is 17.8 Å². The van der Waals surface area contributed by atoms with E-state index in [2.05, 4.69) is 57.7 Å². The van der Waals surface area contributed by atoms with Crippen molar-refractivity contribution in [3.8, 4) is 23.0 Å². The monoisotopic (exact) mass is 486 g/mol. The molecule has 0 amide bonds. The van der Waals surface area contributed by atoms with Crippen LogP contribution in [-0.4, -0.2) is 80.6 Å². The highest BCUT2D eigenvalue weighted by Crippen LogP contribution is 2.54. The van der Waals surface area contributed by atoms with Gasteiger partial charge in [-0.2, -0.15) is 5.10 Å². The van der Waals surface area contributed by atoms with E-state index in [0.717, 1.165) is 54.1 Å². The standard InChI is InChI=1S/C26H38N4O3S/c1-26(2,31)8-7-22-11-23-24(16-29(25(23)13-27-22)14-20-17-33-18-20)21-12-28-30(15-21)19-32-9-10-34(3,4,5)6/h11-13,15-16,20,31,34H,9-10,14,17-19H2,1-6H3. The number of thiol groups is 1. The van der Waals surface area contributed by atoms with Crippen molar-refractivity contribution < 1.29 is 14.6 Å². The summed E-state index contributed by atoms with van der Waals surface area (Å²) in [5.41, 5.74) is 2.74. The Bertz CT molecular complexity index is 1220. The summed E-state index contributed by atoms with van der Waals surface area (Å²) < 4.78 is 15.4. The molecule has 1 fully saturated rings. The van der Waals surface area contributed by atoms with Crippen LogP contribution >= 0.6 is 9.16 Å². The fraction of sp³-hybridized carbons (Fsp3) is 0.538. The molecule has 8 heteroatoms. The third-order valence-electron chi connectivity index (χ3n) is 5.72. The number of ether oxygens (including phenoxy) is 2. The second kappa shape index (κ2) is 9.04. The molecule has 34 heavy (non-hydrogen) atoms. The molecule has 0 spiro atoms.